The van der Waals surface area contributed by atoms with Crippen molar-refractivity contribution in [1.82, 2.24) is 5.32 Å². The van der Waals surface area contributed by atoms with E-state index in [9.17, 15) is 5.11 Å². The van der Waals surface area contributed by atoms with Crippen LogP contribution < -0.4 is 5.32 Å². The first-order valence-electron chi connectivity index (χ1n) is 7.75. The third-order valence-corrected chi connectivity index (χ3v) is 4.68. The van der Waals surface area contributed by atoms with Gasteiger partial charge in [0.2, 0.25) is 0 Å². The van der Waals surface area contributed by atoms with Gasteiger partial charge in [0.15, 0.2) is 0 Å². The van der Waals surface area contributed by atoms with Gasteiger partial charge < -0.3 is 10.4 Å². The number of rotatable bonds is 4. The Hall–Kier alpha value is -0.0800. The van der Waals surface area contributed by atoms with Crippen molar-refractivity contribution in [3.05, 3.63) is 0 Å². The summed E-state index contributed by atoms with van der Waals surface area (Å²) < 4.78 is 0. The normalized spacial score (nSPS) is 32.3. The van der Waals surface area contributed by atoms with Gasteiger partial charge in [0.05, 0.1) is 6.10 Å². The van der Waals surface area contributed by atoms with Gasteiger partial charge in [-0.1, -0.05) is 38.5 Å². The van der Waals surface area contributed by atoms with Crippen LogP contribution in [0, 0.1) is 11.8 Å². The lowest BCUT2D eigenvalue weighted by molar-refractivity contribution is 0.0989. The minimum atomic E-state index is -0.0450. The van der Waals surface area contributed by atoms with Crippen molar-refractivity contribution in [3.8, 4) is 0 Å². The third kappa shape index (κ3) is 4.59. The van der Waals surface area contributed by atoms with Crippen LogP contribution >= 0.6 is 0 Å². The van der Waals surface area contributed by atoms with Crippen molar-refractivity contribution in [2.75, 3.05) is 13.1 Å². The highest BCUT2D eigenvalue weighted by Gasteiger charge is 2.21. The zero-order valence-electron chi connectivity index (χ0n) is 11.2. The lowest BCUT2D eigenvalue weighted by Crippen LogP contribution is -2.34. The standard InChI is InChI=1S/C15H29NO/c17-15-10-6-2-5-9-14(15)12-16-11-13-7-3-1-4-8-13/h13-17H,1-12H2/t14-,15-/m1/s1. The van der Waals surface area contributed by atoms with Crippen LogP contribution in [-0.4, -0.2) is 24.3 Å². The van der Waals surface area contributed by atoms with Gasteiger partial charge in [-0.25, -0.2) is 0 Å². The van der Waals surface area contributed by atoms with Crippen LogP contribution in [0.1, 0.15) is 64.2 Å². The fourth-order valence-electron chi connectivity index (χ4n) is 3.47. The Labute approximate surface area is 106 Å². The summed E-state index contributed by atoms with van der Waals surface area (Å²) in [5, 5.41) is 13.7. The molecular weight excluding hydrogens is 210 g/mol. The van der Waals surface area contributed by atoms with Gasteiger partial charge in [0.1, 0.15) is 0 Å². The summed E-state index contributed by atoms with van der Waals surface area (Å²) in [5.74, 6) is 1.42. The van der Waals surface area contributed by atoms with Gasteiger partial charge in [-0.3, -0.25) is 0 Å². The molecule has 0 radical (unpaired) electrons. The maximum Gasteiger partial charge on any atom is 0.0580 e. The van der Waals surface area contributed by atoms with Crippen molar-refractivity contribution in [2.24, 2.45) is 11.8 Å². The molecule has 0 aliphatic heterocycles. The van der Waals surface area contributed by atoms with Crippen LogP contribution in [0.3, 0.4) is 0 Å². The van der Waals surface area contributed by atoms with Crippen LogP contribution in [0.25, 0.3) is 0 Å². The second kappa shape index (κ2) is 7.38. The van der Waals surface area contributed by atoms with Gasteiger partial charge in [0, 0.05) is 6.54 Å². The Morgan fingerprint density at radius 3 is 2.18 bits per heavy atom. The predicted molar refractivity (Wildman–Crippen MR) is 72.0 cm³/mol. The summed E-state index contributed by atoms with van der Waals surface area (Å²) >= 11 is 0. The number of hydrogen-bond acceptors (Lipinski definition) is 2. The number of aliphatic hydroxyl groups excluding tert-OH is 1. The summed E-state index contributed by atoms with van der Waals surface area (Å²) in [4.78, 5) is 0. The first-order chi connectivity index (χ1) is 8.36. The maximum atomic E-state index is 10.0. The molecule has 2 N–H and O–H groups in total. The van der Waals surface area contributed by atoms with Crippen LogP contribution in [0.2, 0.25) is 0 Å². The Bertz CT molecular complexity index is 201. The van der Waals surface area contributed by atoms with Gasteiger partial charge >= 0.3 is 0 Å². The molecule has 0 bridgehead atoms. The molecule has 0 heterocycles. The van der Waals surface area contributed by atoms with Crippen molar-refractivity contribution in [3.63, 3.8) is 0 Å². The second-order valence-electron chi connectivity index (χ2n) is 6.13. The van der Waals surface area contributed by atoms with Crippen molar-refractivity contribution >= 4 is 0 Å². The van der Waals surface area contributed by atoms with E-state index in [2.05, 4.69) is 5.32 Å². The molecule has 100 valence electrons. The van der Waals surface area contributed by atoms with Crippen LogP contribution in [0.15, 0.2) is 0 Å². The number of nitrogens with one attached hydrogen (secondary N) is 1. The molecule has 0 unspecified atom stereocenters. The van der Waals surface area contributed by atoms with Gasteiger partial charge in [-0.05, 0) is 44.1 Å². The zero-order valence-corrected chi connectivity index (χ0v) is 11.2. The Morgan fingerprint density at radius 1 is 0.765 bits per heavy atom. The van der Waals surface area contributed by atoms with Crippen LogP contribution in [0.4, 0.5) is 0 Å². The van der Waals surface area contributed by atoms with Gasteiger partial charge in [-0.15, -0.1) is 0 Å². The molecular formula is C15H29NO. The smallest absolute Gasteiger partial charge is 0.0580 e. The summed E-state index contributed by atoms with van der Waals surface area (Å²) in [6.45, 7) is 2.22. The average molecular weight is 239 g/mol. The van der Waals surface area contributed by atoms with E-state index in [-0.39, 0.29) is 6.10 Å². The van der Waals surface area contributed by atoms with Gasteiger partial charge in [0.25, 0.3) is 0 Å². The highest BCUT2D eigenvalue weighted by atomic mass is 16.3. The molecule has 0 aromatic rings. The minimum absolute atomic E-state index is 0.0450. The summed E-state index contributed by atoms with van der Waals surface area (Å²) in [5.41, 5.74) is 0. The topological polar surface area (TPSA) is 32.3 Å². The van der Waals surface area contributed by atoms with E-state index in [4.69, 9.17) is 0 Å². The van der Waals surface area contributed by atoms with Crippen LogP contribution in [0.5, 0.6) is 0 Å². The fourth-order valence-corrected chi connectivity index (χ4v) is 3.47. The zero-order chi connectivity index (χ0) is 11.9. The van der Waals surface area contributed by atoms with E-state index < -0.39 is 0 Å². The lowest BCUT2D eigenvalue weighted by atomic mass is 9.89. The monoisotopic (exact) mass is 239 g/mol. The molecule has 2 aliphatic carbocycles. The quantitative estimate of drug-likeness (QED) is 0.739. The molecule has 2 nitrogen and oxygen atoms in total. The number of hydrogen-bond donors (Lipinski definition) is 2. The summed E-state index contributed by atoms with van der Waals surface area (Å²) in [7, 11) is 0. The molecule has 2 atom stereocenters. The fraction of sp³-hybridized carbons (Fsp3) is 1.00. The maximum absolute atomic E-state index is 10.0. The van der Waals surface area contributed by atoms with E-state index in [1.54, 1.807) is 0 Å². The molecule has 2 heteroatoms. The lowest BCUT2D eigenvalue weighted by Gasteiger charge is -2.25. The van der Waals surface area contributed by atoms with E-state index in [1.807, 2.05) is 0 Å². The molecule has 2 rings (SSSR count). The molecule has 0 aromatic heterocycles. The molecule has 2 saturated carbocycles. The second-order valence-corrected chi connectivity index (χ2v) is 6.13. The highest BCUT2D eigenvalue weighted by molar-refractivity contribution is 4.76. The summed E-state index contributed by atoms with van der Waals surface area (Å²) in [6, 6.07) is 0. The predicted octanol–water partition coefficient (Wildman–Crippen LogP) is 3.10. The SMILES string of the molecule is O[C@@H]1CCCCC[C@@H]1CNCC1CCCCC1. The first kappa shape index (κ1) is 13.4. The first-order valence-corrected chi connectivity index (χ1v) is 7.75. The molecule has 0 spiro atoms. The van der Waals surface area contributed by atoms with E-state index in [0.717, 1.165) is 18.9 Å². The van der Waals surface area contributed by atoms with E-state index in [1.165, 1.54) is 64.3 Å². The minimum Gasteiger partial charge on any atom is -0.393 e. The molecule has 2 fully saturated rings. The largest absolute Gasteiger partial charge is 0.393 e. The van der Waals surface area contributed by atoms with E-state index >= 15 is 0 Å². The molecule has 0 saturated heterocycles. The van der Waals surface area contributed by atoms with Crippen molar-refractivity contribution in [2.45, 2.75) is 70.3 Å². The van der Waals surface area contributed by atoms with Crippen LogP contribution in [-0.2, 0) is 0 Å². The molecule has 0 amide bonds. The third-order valence-electron chi connectivity index (χ3n) is 4.68. The Balaban J connectivity index is 1.62. The number of aliphatic hydroxyl groups is 1. The molecule has 2 aliphatic rings. The van der Waals surface area contributed by atoms with Crippen molar-refractivity contribution in [1.29, 1.82) is 0 Å². The average Bonchev–Trinajstić information content (AvgIpc) is 2.56. The van der Waals surface area contributed by atoms with Gasteiger partial charge in [-0.2, -0.15) is 0 Å². The van der Waals surface area contributed by atoms with E-state index in [0.29, 0.717) is 5.92 Å². The Morgan fingerprint density at radius 2 is 1.41 bits per heavy atom. The molecule has 17 heavy (non-hydrogen) atoms. The Kier molecular flexibility index (Phi) is 5.79. The molecule has 0 aromatic carbocycles. The highest BCUT2D eigenvalue weighted by Crippen LogP contribution is 2.24. The van der Waals surface area contributed by atoms with Crippen molar-refractivity contribution < 1.29 is 5.11 Å². The summed E-state index contributed by atoms with van der Waals surface area (Å²) in [6.07, 6.45) is 13.2.